The van der Waals surface area contributed by atoms with Gasteiger partial charge in [-0.25, -0.2) is 24.9 Å². The molecule has 1 unspecified atom stereocenters. The molecule has 3 heterocycles. The molecule has 0 radical (unpaired) electrons. The molecule has 31 heavy (non-hydrogen) atoms. The van der Waals surface area contributed by atoms with E-state index in [-0.39, 0.29) is 6.04 Å². The predicted molar refractivity (Wildman–Crippen MR) is 120 cm³/mol. The highest BCUT2D eigenvalue weighted by Gasteiger charge is 2.18. The van der Waals surface area contributed by atoms with Crippen molar-refractivity contribution in [2.45, 2.75) is 32.2 Å². The van der Waals surface area contributed by atoms with E-state index < -0.39 is 0 Å². The molecule has 1 aliphatic rings. The molecule has 3 aromatic heterocycles. The third-order valence-corrected chi connectivity index (χ3v) is 5.33. The van der Waals surface area contributed by atoms with Crippen molar-refractivity contribution < 1.29 is 0 Å². The van der Waals surface area contributed by atoms with Gasteiger partial charge in [-0.1, -0.05) is 24.3 Å². The second-order valence-electron chi connectivity index (χ2n) is 7.86. The molecule has 0 saturated carbocycles. The fraction of sp³-hybridized carbons (Fsp3) is 0.208. The average molecular weight is 409 g/mol. The molecule has 0 saturated heterocycles. The molecule has 154 valence electrons. The third kappa shape index (κ3) is 4.41. The van der Waals surface area contributed by atoms with Crippen molar-refractivity contribution in [1.29, 1.82) is 0 Å². The number of pyridine rings is 1. The van der Waals surface area contributed by atoms with Gasteiger partial charge in [-0.2, -0.15) is 0 Å². The summed E-state index contributed by atoms with van der Waals surface area (Å²) in [4.78, 5) is 22.5. The molecule has 4 aromatic rings. The second kappa shape index (κ2) is 8.20. The first-order valence-corrected chi connectivity index (χ1v) is 10.3. The Hall–Kier alpha value is -3.71. The number of anilines is 2. The summed E-state index contributed by atoms with van der Waals surface area (Å²) in [6.07, 6.45) is 6.05. The molecule has 5 rings (SSSR count). The summed E-state index contributed by atoms with van der Waals surface area (Å²) in [5, 5.41) is 3.26. The number of hydrogen-bond acceptors (Lipinski definition) is 7. The van der Waals surface area contributed by atoms with Crippen LogP contribution in [0, 0.1) is 6.92 Å². The number of nitrogens with one attached hydrogen (secondary N) is 1. The third-order valence-electron chi connectivity index (χ3n) is 5.33. The topological polar surface area (TPSA) is 102 Å². The summed E-state index contributed by atoms with van der Waals surface area (Å²) in [7, 11) is 0. The Morgan fingerprint density at radius 2 is 1.71 bits per heavy atom. The minimum absolute atomic E-state index is 0.238. The lowest BCUT2D eigenvalue weighted by Crippen LogP contribution is -2.18. The first-order chi connectivity index (χ1) is 15.1. The Kier molecular flexibility index (Phi) is 5.09. The number of aromatic nitrogens is 5. The smallest absolute Gasteiger partial charge is 0.180 e. The van der Waals surface area contributed by atoms with Crippen LogP contribution in [0.3, 0.4) is 0 Å². The minimum atomic E-state index is 0.238. The highest BCUT2D eigenvalue weighted by molar-refractivity contribution is 5.56. The largest absolute Gasteiger partial charge is 0.327 e. The SMILES string of the molecule is Cc1cccc(-c2nccc(Nc3ccnc(Cc4ccc5c(c4)CC(N)C5)n3)n2)n1. The van der Waals surface area contributed by atoms with Gasteiger partial charge < -0.3 is 11.1 Å². The lowest BCUT2D eigenvalue weighted by Gasteiger charge is -2.08. The monoisotopic (exact) mass is 409 g/mol. The summed E-state index contributed by atoms with van der Waals surface area (Å²) in [5.41, 5.74) is 11.6. The zero-order chi connectivity index (χ0) is 21.2. The molecule has 3 N–H and O–H groups in total. The normalized spacial score (nSPS) is 15.0. The van der Waals surface area contributed by atoms with Gasteiger partial charge in [-0.05, 0) is 60.7 Å². The summed E-state index contributed by atoms with van der Waals surface area (Å²) >= 11 is 0. The number of fused-ring (bicyclic) bond motifs is 1. The van der Waals surface area contributed by atoms with Gasteiger partial charge in [0, 0.05) is 30.6 Å². The van der Waals surface area contributed by atoms with Gasteiger partial charge in [0.05, 0.1) is 0 Å². The van der Waals surface area contributed by atoms with E-state index in [1.807, 2.05) is 37.3 Å². The summed E-state index contributed by atoms with van der Waals surface area (Å²) < 4.78 is 0. The van der Waals surface area contributed by atoms with Crippen LogP contribution in [-0.2, 0) is 19.3 Å². The fourth-order valence-electron chi connectivity index (χ4n) is 3.90. The number of rotatable bonds is 5. The van der Waals surface area contributed by atoms with Gasteiger partial charge in [0.2, 0.25) is 0 Å². The lowest BCUT2D eigenvalue weighted by atomic mass is 10.0. The zero-order valence-corrected chi connectivity index (χ0v) is 17.3. The van der Waals surface area contributed by atoms with Crippen LogP contribution < -0.4 is 11.1 Å². The maximum atomic E-state index is 6.09. The maximum Gasteiger partial charge on any atom is 0.180 e. The fourth-order valence-corrected chi connectivity index (χ4v) is 3.90. The molecule has 1 atom stereocenters. The predicted octanol–water partition coefficient (Wildman–Crippen LogP) is 3.40. The van der Waals surface area contributed by atoms with E-state index in [9.17, 15) is 0 Å². The molecule has 0 spiro atoms. The Labute approximate surface area is 180 Å². The van der Waals surface area contributed by atoms with E-state index in [4.69, 9.17) is 5.73 Å². The zero-order valence-electron chi connectivity index (χ0n) is 17.3. The summed E-state index contributed by atoms with van der Waals surface area (Å²) in [5.74, 6) is 2.67. The summed E-state index contributed by atoms with van der Waals surface area (Å²) in [6, 6.07) is 16.2. The van der Waals surface area contributed by atoms with Crippen molar-refractivity contribution in [2.24, 2.45) is 5.73 Å². The van der Waals surface area contributed by atoms with E-state index in [1.54, 1.807) is 12.4 Å². The van der Waals surface area contributed by atoms with Gasteiger partial charge in [0.1, 0.15) is 23.2 Å². The van der Waals surface area contributed by atoms with E-state index in [1.165, 1.54) is 16.7 Å². The van der Waals surface area contributed by atoms with E-state index in [2.05, 4.69) is 48.4 Å². The van der Waals surface area contributed by atoms with Crippen LogP contribution in [-0.4, -0.2) is 31.0 Å². The van der Waals surface area contributed by atoms with Crippen LogP contribution >= 0.6 is 0 Å². The molecule has 0 bridgehead atoms. The van der Waals surface area contributed by atoms with Gasteiger partial charge in [-0.3, -0.25) is 0 Å². The van der Waals surface area contributed by atoms with Crippen molar-refractivity contribution in [3.63, 3.8) is 0 Å². The number of nitrogens with two attached hydrogens (primary N) is 1. The van der Waals surface area contributed by atoms with Crippen molar-refractivity contribution in [3.05, 3.63) is 89.1 Å². The molecule has 7 heteroatoms. The molecular weight excluding hydrogens is 386 g/mol. The van der Waals surface area contributed by atoms with Crippen LogP contribution in [0.5, 0.6) is 0 Å². The van der Waals surface area contributed by atoms with Crippen molar-refractivity contribution in [1.82, 2.24) is 24.9 Å². The Morgan fingerprint density at radius 3 is 2.58 bits per heavy atom. The first-order valence-electron chi connectivity index (χ1n) is 10.3. The van der Waals surface area contributed by atoms with Gasteiger partial charge in [0.15, 0.2) is 5.82 Å². The van der Waals surface area contributed by atoms with Crippen LogP contribution in [0.25, 0.3) is 11.5 Å². The van der Waals surface area contributed by atoms with Crippen LogP contribution in [0.1, 0.15) is 28.2 Å². The Morgan fingerprint density at radius 1 is 0.903 bits per heavy atom. The molecule has 0 fully saturated rings. The maximum absolute atomic E-state index is 6.09. The van der Waals surface area contributed by atoms with Gasteiger partial charge in [0.25, 0.3) is 0 Å². The molecule has 7 nitrogen and oxygen atoms in total. The number of benzene rings is 1. The molecular formula is C24H23N7. The molecule has 0 aliphatic heterocycles. The average Bonchev–Trinajstić information content (AvgIpc) is 3.13. The van der Waals surface area contributed by atoms with E-state index >= 15 is 0 Å². The number of nitrogens with zero attached hydrogens (tertiary/aromatic N) is 5. The van der Waals surface area contributed by atoms with Crippen molar-refractivity contribution in [3.8, 4) is 11.5 Å². The van der Waals surface area contributed by atoms with Gasteiger partial charge >= 0.3 is 0 Å². The minimum Gasteiger partial charge on any atom is -0.327 e. The molecule has 1 aromatic carbocycles. The Balaban J connectivity index is 1.33. The van der Waals surface area contributed by atoms with E-state index in [0.29, 0.717) is 23.9 Å². The Bertz CT molecular complexity index is 1240. The quantitative estimate of drug-likeness (QED) is 0.521. The van der Waals surface area contributed by atoms with Crippen molar-refractivity contribution >= 4 is 11.6 Å². The highest BCUT2D eigenvalue weighted by atomic mass is 15.1. The first kappa shape index (κ1) is 19.3. The second-order valence-corrected chi connectivity index (χ2v) is 7.86. The van der Waals surface area contributed by atoms with E-state index in [0.717, 1.165) is 30.1 Å². The van der Waals surface area contributed by atoms with Crippen LogP contribution in [0.2, 0.25) is 0 Å². The van der Waals surface area contributed by atoms with Crippen LogP contribution in [0.15, 0.2) is 60.9 Å². The number of aryl methyl sites for hydroxylation is 1. The van der Waals surface area contributed by atoms with Gasteiger partial charge in [-0.15, -0.1) is 0 Å². The number of hydrogen-bond donors (Lipinski definition) is 2. The molecule has 0 amide bonds. The lowest BCUT2D eigenvalue weighted by molar-refractivity contribution is 0.721. The summed E-state index contributed by atoms with van der Waals surface area (Å²) in [6.45, 7) is 1.95. The van der Waals surface area contributed by atoms with Crippen molar-refractivity contribution in [2.75, 3.05) is 5.32 Å². The molecule has 1 aliphatic carbocycles. The highest BCUT2D eigenvalue weighted by Crippen LogP contribution is 2.23. The standard InChI is InChI=1S/C24H23N7/c1-15-3-2-4-20(28-15)24-27-10-8-22(31-24)29-21-7-9-26-23(30-21)12-16-5-6-17-13-19(25)14-18(17)11-16/h2-11,19H,12-14,25H2,1H3,(H,26,27,29,30,31). The van der Waals surface area contributed by atoms with Crippen LogP contribution in [0.4, 0.5) is 11.6 Å².